The normalized spacial score (nSPS) is 13.6. The number of hydrogen-bond donors (Lipinski definition) is 0. The average Bonchev–Trinajstić information content (AvgIpc) is 2.68. The van der Waals surface area contributed by atoms with Crippen LogP contribution in [0.4, 0.5) is 10.1 Å². The first-order valence-electron chi connectivity index (χ1n) is 8.72. The molecular weight excluding hydrogens is 345 g/mol. The first-order valence-corrected chi connectivity index (χ1v) is 8.72. The van der Waals surface area contributed by atoms with E-state index < -0.39 is 11.5 Å². The number of halogens is 1. The Hall–Kier alpha value is -3.28. The third-order valence-electron chi connectivity index (χ3n) is 4.88. The van der Waals surface area contributed by atoms with Gasteiger partial charge in [0.25, 0.3) is 5.56 Å². The highest BCUT2D eigenvalue weighted by atomic mass is 19.1. The molecular formula is C21H18FN3O2. The molecule has 0 N–H and O–H groups in total. The van der Waals surface area contributed by atoms with Gasteiger partial charge < -0.3 is 4.90 Å². The van der Waals surface area contributed by atoms with Crippen molar-refractivity contribution in [2.45, 2.75) is 19.4 Å². The molecule has 0 unspecified atom stereocenters. The fourth-order valence-corrected chi connectivity index (χ4v) is 3.51. The van der Waals surface area contributed by atoms with Crippen LogP contribution in [-0.2, 0) is 17.8 Å². The van der Waals surface area contributed by atoms with Crippen molar-refractivity contribution in [1.29, 1.82) is 0 Å². The lowest BCUT2D eigenvalue weighted by Crippen LogP contribution is -2.31. The Morgan fingerprint density at radius 1 is 1.07 bits per heavy atom. The second-order valence-electron chi connectivity index (χ2n) is 6.62. The van der Waals surface area contributed by atoms with Crippen molar-refractivity contribution in [2.75, 3.05) is 11.9 Å². The fraction of sp³-hybridized carbons (Fsp3) is 0.190. The molecule has 6 heteroatoms. The first kappa shape index (κ1) is 17.1. The van der Waals surface area contributed by atoms with Gasteiger partial charge in [-0.25, -0.2) is 0 Å². The molecule has 0 saturated carbocycles. The molecule has 1 aliphatic rings. The van der Waals surface area contributed by atoms with Crippen LogP contribution in [0.25, 0.3) is 11.1 Å². The summed E-state index contributed by atoms with van der Waals surface area (Å²) >= 11 is 0. The van der Waals surface area contributed by atoms with Crippen LogP contribution in [0.5, 0.6) is 0 Å². The summed E-state index contributed by atoms with van der Waals surface area (Å²) in [6.45, 7) is 0.0934. The molecule has 1 amide bonds. The molecule has 3 aromatic rings. The van der Waals surface area contributed by atoms with Crippen molar-refractivity contribution in [2.24, 2.45) is 0 Å². The Balaban J connectivity index is 1.76. The van der Waals surface area contributed by atoms with Gasteiger partial charge in [-0.2, -0.15) is 4.39 Å². The molecule has 0 radical (unpaired) electrons. The molecule has 1 aromatic carbocycles. The number of para-hydroxylation sites is 1. The minimum absolute atomic E-state index is 0.0805. The maximum absolute atomic E-state index is 14.0. The van der Waals surface area contributed by atoms with E-state index in [0.717, 1.165) is 26.9 Å². The predicted molar refractivity (Wildman–Crippen MR) is 101 cm³/mol. The summed E-state index contributed by atoms with van der Waals surface area (Å²) in [5.74, 6) is -0.507. The summed E-state index contributed by atoms with van der Waals surface area (Å²) in [6.07, 6.45) is 4.55. The molecule has 3 heterocycles. The highest BCUT2D eigenvalue weighted by Gasteiger charge is 2.24. The van der Waals surface area contributed by atoms with E-state index in [-0.39, 0.29) is 12.5 Å². The van der Waals surface area contributed by atoms with Gasteiger partial charge >= 0.3 is 0 Å². The van der Waals surface area contributed by atoms with Gasteiger partial charge in [-0.1, -0.05) is 24.3 Å². The van der Waals surface area contributed by atoms with Crippen molar-refractivity contribution in [3.05, 3.63) is 82.3 Å². The number of benzene rings is 1. The van der Waals surface area contributed by atoms with Crippen LogP contribution in [0.2, 0.25) is 0 Å². The van der Waals surface area contributed by atoms with Gasteiger partial charge in [0.15, 0.2) is 5.95 Å². The minimum Gasteiger partial charge on any atom is -0.315 e. The van der Waals surface area contributed by atoms with E-state index in [0.29, 0.717) is 18.4 Å². The Morgan fingerprint density at radius 2 is 1.89 bits per heavy atom. The van der Waals surface area contributed by atoms with E-state index in [1.165, 1.54) is 18.2 Å². The zero-order chi connectivity index (χ0) is 19.0. The molecule has 2 aromatic heterocycles. The lowest BCUT2D eigenvalue weighted by Gasteiger charge is -2.28. The van der Waals surface area contributed by atoms with Gasteiger partial charge in [0.1, 0.15) is 0 Å². The van der Waals surface area contributed by atoms with E-state index >= 15 is 0 Å². The highest BCUT2D eigenvalue weighted by Crippen LogP contribution is 2.37. The molecule has 1 aliphatic heterocycles. The van der Waals surface area contributed by atoms with Gasteiger partial charge in [0.05, 0.1) is 12.2 Å². The first-order chi connectivity index (χ1) is 13.0. The topological polar surface area (TPSA) is 55.2 Å². The molecule has 0 spiro atoms. The van der Waals surface area contributed by atoms with Gasteiger partial charge in [-0.05, 0) is 29.7 Å². The Bertz CT molecular complexity index is 1090. The molecule has 4 rings (SSSR count). The standard InChI is InChI=1S/C21H18FN3O2/c1-24-19(26)9-8-15-4-2-5-17(21(15)24)16-10-14(11-23-12-16)13-25-18(22)6-3-7-20(25)27/h2-7,10-12H,8-9,13H2,1H3. The number of hydrogen-bond acceptors (Lipinski definition) is 3. The predicted octanol–water partition coefficient (Wildman–Crippen LogP) is 3.01. The minimum atomic E-state index is -0.588. The molecule has 27 heavy (non-hydrogen) atoms. The maximum atomic E-state index is 14.0. The van der Waals surface area contributed by atoms with E-state index in [1.807, 2.05) is 24.3 Å². The third-order valence-corrected chi connectivity index (χ3v) is 4.88. The Labute approximate surface area is 155 Å². The number of rotatable bonds is 3. The molecule has 0 saturated heterocycles. The zero-order valence-corrected chi connectivity index (χ0v) is 14.9. The monoisotopic (exact) mass is 363 g/mol. The molecule has 0 fully saturated rings. The van der Waals surface area contributed by atoms with Crippen molar-refractivity contribution in [3.63, 3.8) is 0 Å². The lowest BCUT2D eigenvalue weighted by molar-refractivity contribution is -0.118. The smallest absolute Gasteiger partial charge is 0.253 e. The SMILES string of the molecule is CN1C(=O)CCc2cccc(-c3cncc(Cn4c(F)cccc4=O)c3)c21. The summed E-state index contributed by atoms with van der Waals surface area (Å²) in [5, 5.41) is 0. The van der Waals surface area contributed by atoms with E-state index in [1.54, 1.807) is 24.3 Å². The number of fused-ring (bicyclic) bond motifs is 1. The summed E-state index contributed by atoms with van der Waals surface area (Å²) in [6, 6.07) is 11.8. The van der Waals surface area contributed by atoms with E-state index in [2.05, 4.69) is 4.98 Å². The van der Waals surface area contributed by atoms with Crippen LogP contribution in [0.15, 0.2) is 59.7 Å². The van der Waals surface area contributed by atoms with Gasteiger partial charge in [0, 0.05) is 43.1 Å². The summed E-state index contributed by atoms with van der Waals surface area (Å²) < 4.78 is 15.0. The number of pyridine rings is 2. The third kappa shape index (κ3) is 3.14. The van der Waals surface area contributed by atoms with Crippen LogP contribution in [0, 0.1) is 5.95 Å². The van der Waals surface area contributed by atoms with E-state index in [4.69, 9.17) is 0 Å². The van der Waals surface area contributed by atoms with Crippen LogP contribution in [0.3, 0.4) is 0 Å². The van der Waals surface area contributed by atoms with Gasteiger partial charge in [0.2, 0.25) is 5.91 Å². The fourth-order valence-electron chi connectivity index (χ4n) is 3.51. The average molecular weight is 363 g/mol. The van der Waals surface area contributed by atoms with Gasteiger partial charge in [-0.15, -0.1) is 0 Å². The van der Waals surface area contributed by atoms with Crippen molar-refractivity contribution < 1.29 is 9.18 Å². The molecule has 0 bridgehead atoms. The Kier molecular flexibility index (Phi) is 4.32. The zero-order valence-electron chi connectivity index (χ0n) is 14.9. The van der Waals surface area contributed by atoms with E-state index in [9.17, 15) is 14.0 Å². The summed E-state index contributed by atoms with van der Waals surface area (Å²) in [4.78, 5) is 30.0. The number of aromatic nitrogens is 2. The van der Waals surface area contributed by atoms with Crippen molar-refractivity contribution in [3.8, 4) is 11.1 Å². The number of carbonyl (C=O) groups is 1. The number of anilines is 1. The second-order valence-corrected chi connectivity index (χ2v) is 6.62. The highest BCUT2D eigenvalue weighted by molar-refractivity contribution is 6.00. The maximum Gasteiger partial charge on any atom is 0.253 e. The van der Waals surface area contributed by atoms with Crippen LogP contribution in [0.1, 0.15) is 17.5 Å². The van der Waals surface area contributed by atoms with Crippen LogP contribution >= 0.6 is 0 Å². The summed E-state index contributed by atoms with van der Waals surface area (Å²) in [5.41, 5.74) is 4.04. The van der Waals surface area contributed by atoms with Crippen LogP contribution < -0.4 is 10.5 Å². The number of nitrogens with zero attached hydrogens (tertiary/aromatic N) is 3. The second kappa shape index (κ2) is 6.79. The quantitative estimate of drug-likeness (QED) is 0.672. The van der Waals surface area contributed by atoms with Crippen LogP contribution in [-0.4, -0.2) is 22.5 Å². The number of amides is 1. The Morgan fingerprint density at radius 3 is 2.70 bits per heavy atom. The summed E-state index contributed by atoms with van der Waals surface area (Å²) in [7, 11) is 1.78. The molecule has 0 atom stereocenters. The lowest BCUT2D eigenvalue weighted by atomic mass is 9.94. The largest absolute Gasteiger partial charge is 0.315 e. The number of carbonyl (C=O) groups excluding carboxylic acids is 1. The molecule has 0 aliphatic carbocycles. The number of aryl methyl sites for hydroxylation is 1. The molecule has 5 nitrogen and oxygen atoms in total. The molecule has 136 valence electrons. The van der Waals surface area contributed by atoms with Crippen molar-refractivity contribution in [1.82, 2.24) is 9.55 Å². The van der Waals surface area contributed by atoms with Crippen molar-refractivity contribution >= 4 is 11.6 Å². The van der Waals surface area contributed by atoms with Gasteiger partial charge in [-0.3, -0.25) is 19.1 Å².